The third kappa shape index (κ3) is 7.43. The Kier molecular flexibility index (Phi) is 9.40. The number of anilines is 2. The summed E-state index contributed by atoms with van der Waals surface area (Å²) >= 11 is 0. The van der Waals surface area contributed by atoms with Gasteiger partial charge in [0.15, 0.2) is 17.2 Å². The Labute approximate surface area is 258 Å². The molecular weight excluding hydrogens is 593 g/mol. The minimum absolute atomic E-state index is 0.0948. The number of halogens is 3. The van der Waals surface area contributed by atoms with Crippen LogP contribution in [-0.2, 0) is 12.7 Å². The third-order valence-electron chi connectivity index (χ3n) is 7.80. The highest BCUT2D eigenvalue weighted by Crippen LogP contribution is 2.37. The molecule has 3 amide bonds. The molecule has 0 aliphatic carbocycles. The van der Waals surface area contributed by atoms with Gasteiger partial charge in [0.05, 0.1) is 29.5 Å². The van der Waals surface area contributed by atoms with Crippen molar-refractivity contribution >= 4 is 23.3 Å². The molecule has 3 aromatic rings. The summed E-state index contributed by atoms with van der Waals surface area (Å²) in [7, 11) is 1.83. The van der Waals surface area contributed by atoms with Gasteiger partial charge in [-0.3, -0.25) is 9.69 Å². The molecule has 240 valence electrons. The fraction of sp³-hybridized carbons (Fsp3) is 0.375. The molecule has 5 rings (SSSR count). The van der Waals surface area contributed by atoms with Crippen LogP contribution in [0.4, 0.5) is 29.3 Å². The smallest absolute Gasteiger partial charge is 0.416 e. The number of aliphatic hydroxyl groups excluding tert-OH is 1. The number of hydrogen-bond acceptors (Lipinski definition) is 7. The van der Waals surface area contributed by atoms with E-state index in [1.165, 1.54) is 12.1 Å². The van der Waals surface area contributed by atoms with Crippen LogP contribution >= 0.6 is 0 Å². The van der Waals surface area contributed by atoms with Gasteiger partial charge in [0, 0.05) is 37.3 Å². The van der Waals surface area contributed by atoms with E-state index in [2.05, 4.69) is 10.6 Å². The molecule has 3 atom stereocenters. The molecule has 0 bridgehead atoms. The molecule has 3 aromatic carbocycles. The standard InChI is InChI=1S/C32H35F3N4O6/c1-19-14-39(20(2)17-40)30(41)24-5-4-6-25(37-31(42)36-23-11-12-26-27(13-23)44-18-43-26)29(24)45-28(19)16-38(3)15-21-7-9-22(10-8-21)32(33,34)35/h4-13,19-20,28,40H,14-18H2,1-3H3,(H2,36,37,42)/t19-,20+,28-/m1/s1. The highest BCUT2D eigenvalue weighted by molar-refractivity contribution is 6.04. The molecule has 0 saturated heterocycles. The largest absolute Gasteiger partial charge is 0.486 e. The van der Waals surface area contributed by atoms with Gasteiger partial charge < -0.3 is 34.9 Å². The Balaban J connectivity index is 1.38. The van der Waals surface area contributed by atoms with Crippen LogP contribution in [0.1, 0.15) is 35.3 Å². The van der Waals surface area contributed by atoms with Crippen LogP contribution in [-0.4, -0.2) is 72.5 Å². The molecule has 0 spiro atoms. The van der Waals surface area contributed by atoms with Gasteiger partial charge >= 0.3 is 12.2 Å². The lowest BCUT2D eigenvalue weighted by Crippen LogP contribution is -2.49. The number of alkyl halides is 3. The monoisotopic (exact) mass is 628 g/mol. The average molecular weight is 629 g/mol. The van der Waals surface area contributed by atoms with Gasteiger partial charge in [0.1, 0.15) is 6.10 Å². The molecule has 0 radical (unpaired) electrons. The summed E-state index contributed by atoms with van der Waals surface area (Å²) in [4.78, 5) is 30.3. The molecule has 0 fully saturated rings. The Bertz CT molecular complexity index is 1530. The number of likely N-dealkylation sites (N-methyl/N-ethyl adjacent to an activating group) is 1. The SMILES string of the molecule is C[C@@H]1CN([C@@H](C)CO)C(=O)c2cccc(NC(=O)Nc3ccc4c(c3)OCO4)c2O[C@@H]1CN(C)Cc1ccc(C(F)(F)F)cc1. The number of hydrogen-bond donors (Lipinski definition) is 3. The van der Waals surface area contributed by atoms with E-state index >= 15 is 0 Å². The van der Waals surface area contributed by atoms with Crippen LogP contribution in [0.5, 0.6) is 17.2 Å². The number of fused-ring (bicyclic) bond motifs is 2. The van der Waals surface area contributed by atoms with E-state index in [4.69, 9.17) is 14.2 Å². The third-order valence-corrected chi connectivity index (χ3v) is 7.80. The van der Waals surface area contributed by atoms with E-state index < -0.39 is 29.9 Å². The predicted molar refractivity (Wildman–Crippen MR) is 161 cm³/mol. The molecule has 3 N–H and O–H groups in total. The van der Waals surface area contributed by atoms with Crippen LogP contribution in [0.2, 0.25) is 0 Å². The molecule has 13 heteroatoms. The normalized spacial score (nSPS) is 18.5. The number of nitrogens with one attached hydrogen (secondary N) is 2. The van der Waals surface area contributed by atoms with Crippen LogP contribution in [0, 0.1) is 5.92 Å². The predicted octanol–water partition coefficient (Wildman–Crippen LogP) is 5.43. The number of ether oxygens (including phenoxy) is 3. The van der Waals surface area contributed by atoms with E-state index in [-0.39, 0.29) is 42.2 Å². The molecule has 2 aliphatic heterocycles. The molecule has 2 heterocycles. The average Bonchev–Trinajstić information content (AvgIpc) is 3.46. The molecule has 45 heavy (non-hydrogen) atoms. The first-order valence-corrected chi connectivity index (χ1v) is 14.5. The fourth-order valence-electron chi connectivity index (χ4n) is 5.30. The highest BCUT2D eigenvalue weighted by atomic mass is 19.4. The van der Waals surface area contributed by atoms with Crippen molar-refractivity contribution in [1.82, 2.24) is 9.80 Å². The maximum atomic E-state index is 13.7. The summed E-state index contributed by atoms with van der Waals surface area (Å²) in [5, 5.41) is 15.5. The van der Waals surface area contributed by atoms with Crippen molar-refractivity contribution in [3.8, 4) is 17.2 Å². The number of para-hydroxylation sites is 1. The second-order valence-electron chi connectivity index (χ2n) is 11.3. The number of urea groups is 1. The van der Waals surface area contributed by atoms with Gasteiger partial charge in [-0.05, 0) is 55.9 Å². The fourth-order valence-corrected chi connectivity index (χ4v) is 5.30. The molecule has 10 nitrogen and oxygen atoms in total. The van der Waals surface area contributed by atoms with Gasteiger partial charge in [0.2, 0.25) is 6.79 Å². The first-order chi connectivity index (χ1) is 21.4. The molecule has 0 unspecified atom stereocenters. The maximum Gasteiger partial charge on any atom is 0.416 e. The van der Waals surface area contributed by atoms with Gasteiger partial charge in [-0.2, -0.15) is 13.2 Å². The molecule has 0 saturated carbocycles. The van der Waals surface area contributed by atoms with Gasteiger partial charge in [-0.1, -0.05) is 25.1 Å². The number of rotatable bonds is 8. The van der Waals surface area contributed by atoms with Crippen LogP contribution in [0.25, 0.3) is 0 Å². The van der Waals surface area contributed by atoms with Crippen molar-refractivity contribution in [3.05, 3.63) is 77.4 Å². The molecule has 2 aliphatic rings. The molecule has 0 aromatic heterocycles. The van der Waals surface area contributed by atoms with Crippen molar-refractivity contribution in [2.24, 2.45) is 5.92 Å². The van der Waals surface area contributed by atoms with Crippen molar-refractivity contribution in [2.45, 2.75) is 38.7 Å². The Morgan fingerprint density at radius 1 is 1.09 bits per heavy atom. The second kappa shape index (κ2) is 13.2. The summed E-state index contributed by atoms with van der Waals surface area (Å²) in [5.41, 5.74) is 0.927. The number of carbonyl (C=O) groups is 2. The summed E-state index contributed by atoms with van der Waals surface area (Å²) in [6, 6.07) is 13.8. The van der Waals surface area contributed by atoms with Crippen molar-refractivity contribution in [3.63, 3.8) is 0 Å². The van der Waals surface area contributed by atoms with E-state index in [1.807, 2.05) is 18.9 Å². The van der Waals surface area contributed by atoms with E-state index in [0.717, 1.165) is 12.1 Å². The highest BCUT2D eigenvalue weighted by Gasteiger charge is 2.35. The lowest BCUT2D eigenvalue weighted by atomic mass is 9.98. The number of carbonyl (C=O) groups excluding carboxylic acids is 2. The topological polar surface area (TPSA) is 113 Å². The second-order valence-corrected chi connectivity index (χ2v) is 11.3. The zero-order chi connectivity index (χ0) is 32.3. The zero-order valence-electron chi connectivity index (χ0n) is 25.1. The summed E-state index contributed by atoms with van der Waals surface area (Å²) < 4.78 is 56.3. The summed E-state index contributed by atoms with van der Waals surface area (Å²) in [6.07, 6.45) is -4.91. The van der Waals surface area contributed by atoms with Gasteiger partial charge in [-0.15, -0.1) is 0 Å². The van der Waals surface area contributed by atoms with Crippen LogP contribution < -0.4 is 24.8 Å². The Morgan fingerprint density at radius 3 is 2.53 bits per heavy atom. The lowest BCUT2D eigenvalue weighted by molar-refractivity contribution is -0.137. The van der Waals surface area contributed by atoms with Crippen molar-refractivity contribution < 1.29 is 42.1 Å². The first-order valence-electron chi connectivity index (χ1n) is 14.5. The van der Waals surface area contributed by atoms with E-state index in [9.17, 15) is 27.9 Å². The van der Waals surface area contributed by atoms with E-state index in [1.54, 1.807) is 48.2 Å². The van der Waals surface area contributed by atoms with Crippen molar-refractivity contribution in [2.75, 3.05) is 44.2 Å². The van der Waals surface area contributed by atoms with Gasteiger partial charge in [-0.25, -0.2) is 4.79 Å². The minimum Gasteiger partial charge on any atom is -0.486 e. The Morgan fingerprint density at radius 2 is 1.82 bits per heavy atom. The first kappa shape index (κ1) is 31.9. The van der Waals surface area contributed by atoms with Gasteiger partial charge in [0.25, 0.3) is 5.91 Å². The summed E-state index contributed by atoms with van der Waals surface area (Å²) in [5.74, 6) is 0.679. The van der Waals surface area contributed by atoms with E-state index in [0.29, 0.717) is 42.4 Å². The zero-order valence-corrected chi connectivity index (χ0v) is 25.1. The molecular formula is C32H35F3N4O6. The quantitative estimate of drug-likeness (QED) is 0.305. The van der Waals surface area contributed by atoms with Crippen LogP contribution in [0.15, 0.2) is 60.7 Å². The number of amides is 3. The van der Waals surface area contributed by atoms with Crippen molar-refractivity contribution in [1.29, 1.82) is 0 Å². The number of aliphatic hydroxyl groups is 1. The number of benzene rings is 3. The lowest BCUT2D eigenvalue weighted by Gasteiger charge is -2.38. The van der Waals surface area contributed by atoms with Crippen LogP contribution in [0.3, 0.4) is 0 Å². The Hall–Kier alpha value is -4.49. The minimum atomic E-state index is -4.41. The maximum absolute atomic E-state index is 13.7. The summed E-state index contributed by atoms with van der Waals surface area (Å²) in [6.45, 7) is 4.52. The number of nitrogens with zero attached hydrogens (tertiary/aromatic N) is 2.